The average molecular weight is 651 g/mol. The summed E-state index contributed by atoms with van der Waals surface area (Å²) in [5.74, 6) is 3.24. The quantitative estimate of drug-likeness (QED) is 0.164. The Labute approximate surface area is 270 Å². The maximum atomic E-state index is 8.74. The number of hydrogen-bond acceptors (Lipinski definition) is 11. The zero-order chi connectivity index (χ0) is 29.4. The van der Waals surface area contributed by atoms with Crippen LogP contribution in [0, 0.1) is 5.92 Å². The highest BCUT2D eigenvalue weighted by Gasteiger charge is 2.20. The third-order valence-corrected chi connectivity index (χ3v) is 11.7. The molecule has 1 fully saturated rings. The lowest BCUT2D eigenvalue weighted by atomic mass is 9.91. The summed E-state index contributed by atoms with van der Waals surface area (Å²) in [6, 6.07) is 0. The van der Waals surface area contributed by atoms with E-state index in [0.29, 0.717) is 6.61 Å². The molecule has 2 aromatic heterocycles. The fourth-order valence-electron chi connectivity index (χ4n) is 5.71. The molecule has 1 N–H and O–H groups in total. The third-order valence-electron chi connectivity index (χ3n) is 8.18. The van der Waals surface area contributed by atoms with E-state index in [9.17, 15) is 0 Å². The van der Waals surface area contributed by atoms with Crippen molar-refractivity contribution in [3.8, 4) is 0 Å². The number of rotatable bonds is 14. The molecule has 11 heteroatoms. The molecule has 7 nitrogen and oxygen atoms in total. The molecule has 0 unspecified atom stereocenters. The number of thioether (sulfide) groups is 2. The second-order valence-corrected chi connectivity index (χ2v) is 15.0. The molecule has 0 saturated heterocycles. The van der Waals surface area contributed by atoms with Crippen molar-refractivity contribution in [3.05, 3.63) is 23.5 Å². The van der Waals surface area contributed by atoms with Gasteiger partial charge in [0, 0.05) is 38.5 Å². The van der Waals surface area contributed by atoms with Crippen molar-refractivity contribution >= 4 is 58.1 Å². The minimum atomic E-state index is 0.334. The number of unbranched alkanes of at least 4 members (excludes halogenated alkanes) is 5. The lowest BCUT2D eigenvalue weighted by Crippen LogP contribution is -2.25. The van der Waals surface area contributed by atoms with Crippen LogP contribution in [-0.2, 0) is 0 Å². The molecule has 0 amide bonds. The predicted molar refractivity (Wildman–Crippen MR) is 183 cm³/mol. The van der Waals surface area contributed by atoms with Gasteiger partial charge >= 0.3 is 0 Å². The van der Waals surface area contributed by atoms with Gasteiger partial charge in [0.05, 0.1) is 23.5 Å². The predicted octanol–water partition coefficient (Wildman–Crippen LogP) is 7.61. The van der Waals surface area contributed by atoms with Crippen LogP contribution in [-0.4, -0.2) is 90.8 Å². The van der Waals surface area contributed by atoms with Gasteiger partial charge in [0.2, 0.25) is 0 Å². The van der Waals surface area contributed by atoms with Crippen molar-refractivity contribution in [2.45, 2.75) is 93.5 Å². The summed E-state index contributed by atoms with van der Waals surface area (Å²) in [6.07, 6.45) is 21.1. The minimum Gasteiger partial charge on any atom is -0.396 e. The maximum absolute atomic E-state index is 8.74. The molecule has 0 bridgehead atoms. The number of aliphatic hydroxyl groups excluding tert-OH is 1. The third kappa shape index (κ3) is 11.6. The highest BCUT2D eigenvalue weighted by Crippen LogP contribution is 2.34. The van der Waals surface area contributed by atoms with Gasteiger partial charge in [-0.3, -0.25) is 0 Å². The van der Waals surface area contributed by atoms with Crippen LogP contribution < -0.4 is 0 Å². The Morgan fingerprint density at radius 1 is 0.738 bits per heavy atom. The Kier molecular flexibility index (Phi) is 15.8. The van der Waals surface area contributed by atoms with E-state index < -0.39 is 0 Å². The highest BCUT2D eigenvalue weighted by atomic mass is 32.2. The molecule has 234 valence electrons. The summed E-state index contributed by atoms with van der Waals surface area (Å²) in [7, 11) is 4.35. The average Bonchev–Trinajstić information content (AvgIpc) is 3.68. The molecule has 1 aliphatic carbocycles. The van der Waals surface area contributed by atoms with Gasteiger partial charge in [0.25, 0.3) is 0 Å². The number of nitrogens with zero attached hydrogens (tertiary/aromatic N) is 6. The molecule has 5 rings (SSSR count). The molecule has 2 aromatic rings. The largest absolute Gasteiger partial charge is 0.396 e. The normalized spacial score (nSPS) is 18.8. The van der Waals surface area contributed by atoms with Gasteiger partial charge in [0.15, 0.2) is 0 Å². The molecule has 0 aromatic carbocycles. The first-order chi connectivity index (χ1) is 20.6. The van der Waals surface area contributed by atoms with Crippen LogP contribution >= 0.6 is 47.0 Å². The Morgan fingerprint density at radius 3 is 1.86 bits per heavy atom. The number of aromatic nitrogens is 4. The molecule has 0 radical (unpaired) electrons. The zero-order valence-corrected chi connectivity index (χ0v) is 28.9. The van der Waals surface area contributed by atoms with Gasteiger partial charge in [-0.25, -0.2) is 0 Å². The van der Waals surface area contributed by atoms with Crippen molar-refractivity contribution in [1.29, 1.82) is 0 Å². The fraction of sp³-hybridized carbons (Fsp3) is 0.742. The lowest BCUT2D eigenvalue weighted by molar-refractivity contribution is 0.282. The van der Waals surface area contributed by atoms with Gasteiger partial charge in [-0.05, 0) is 75.4 Å². The maximum Gasteiger partial charge on any atom is 0.138 e. The molecule has 1 saturated carbocycles. The highest BCUT2D eigenvalue weighted by molar-refractivity contribution is 7.99. The Morgan fingerprint density at radius 2 is 1.29 bits per heavy atom. The van der Waals surface area contributed by atoms with E-state index >= 15 is 0 Å². The second-order valence-electron chi connectivity index (χ2n) is 11.9. The summed E-state index contributed by atoms with van der Waals surface area (Å²) in [5, 5.41) is 11.0. The smallest absolute Gasteiger partial charge is 0.138 e. The van der Waals surface area contributed by atoms with E-state index in [-0.39, 0.29) is 0 Å². The molecule has 42 heavy (non-hydrogen) atoms. The Balaban J connectivity index is 0.000000193. The molecule has 0 spiro atoms. The summed E-state index contributed by atoms with van der Waals surface area (Å²) in [6.45, 7) is 4.64. The fourth-order valence-corrected chi connectivity index (χ4v) is 9.32. The van der Waals surface area contributed by atoms with Gasteiger partial charge in [0.1, 0.15) is 21.4 Å². The van der Waals surface area contributed by atoms with E-state index in [1.807, 2.05) is 23.5 Å². The van der Waals surface area contributed by atoms with Crippen molar-refractivity contribution in [3.63, 3.8) is 0 Å². The van der Waals surface area contributed by atoms with Gasteiger partial charge in [-0.1, -0.05) is 57.1 Å². The first kappa shape index (κ1) is 34.1. The molecule has 4 heterocycles. The van der Waals surface area contributed by atoms with Crippen LogP contribution in [0.4, 0.5) is 0 Å². The van der Waals surface area contributed by atoms with Gasteiger partial charge in [-0.2, -0.15) is 17.5 Å². The molecule has 3 aliphatic rings. The minimum absolute atomic E-state index is 0.334. The number of likely N-dealkylation sites (N-methyl/N-ethyl adjacent to an activating group) is 2. The van der Waals surface area contributed by atoms with Crippen molar-refractivity contribution in [2.75, 3.05) is 58.4 Å². The summed E-state index contributed by atoms with van der Waals surface area (Å²) in [4.78, 5) is 4.71. The van der Waals surface area contributed by atoms with Crippen LogP contribution in [0.3, 0.4) is 0 Å². The van der Waals surface area contributed by atoms with E-state index in [1.165, 1.54) is 103 Å². The van der Waals surface area contributed by atoms with Gasteiger partial charge in [-0.15, -0.1) is 23.5 Å². The molecule has 2 aliphatic heterocycles. The standard InChI is InChI=1S/C16H27N3OS2.C15H23N3S2/c1-19-10-8-9-14(13-19)15-16(18-22-17-15)21-12-7-5-3-2-4-6-11-20;1-18-9-5-8-13(10-18)14-15(17-20-16-14)19-11-12-6-3-2-4-7-12/h9,20H,2-8,10-13H2,1H3;8,12H,2-7,9-11H2,1H3. The SMILES string of the molecule is CN1CCC=C(c2nsnc2SCC2CCCCC2)C1.CN1CCC=C(c2nsnc2SCCCCCCCCO)C1. The summed E-state index contributed by atoms with van der Waals surface area (Å²) < 4.78 is 18.1. The van der Waals surface area contributed by atoms with Crippen molar-refractivity contribution < 1.29 is 5.11 Å². The monoisotopic (exact) mass is 650 g/mol. The summed E-state index contributed by atoms with van der Waals surface area (Å²) >= 11 is 6.49. The topological polar surface area (TPSA) is 78.3 Å². The number of hydrogen-bond donors (Lipinski definition) is 1. The first-order valence-corrected chi connectivity index (χ1v) is 19.3. The van der Waals surface area contributed by atoms with E-state index in [2.05, 4.69) is 53.5 Å². The van der Waals surface area contributed by atoms with Crippen molar-refractivity contribution in [1.82, 2.24) is 27.3 Å². The summed E-state index contributed by atoms with van der Waals surface area (Å²) in [5.41, 5.74) is 4.99. The van der Waals surface area contributed by atoms with Crippen molar-refractivity contribution in [2.24, 2.45) is 5.92 Å². The van der Waals surface area contributed by atoms with Crippen LogP contribution in [0.15, 0.2) is 22.2 Å². The zero-order valence-electron chi connectivity index (χ0n) is 25.6. The van der Waals surface area contributed by atoms with E-state index in [4.69, 9.17) is 5.11 Å². The lowest BCUT2D eigenvalue weighted by Gasteiger charge is -2.23. The van der Waals surface area contributed by atoms with Crippen LogP contribution in [0.5, 0.6) is 0 Å². The second kappa shape index (κ2) is 19.5. The first-order valence-electron chi connectivity index (χ1n) is 15.9. The van der Waals surface area contributed by atoms with Crippen LogP contribution in [0.25, 0.3) is 11.1 Å². The van der Waals surface area contributed by atoms with Gasteiger partial charge < -0.3 is 14.9 Å². The Bertz CT molecular complexity index is 1100. The molecular weight excluding hydrogens is 601 g/mol. The molecular formula is C31H50N6OS4. The van der Waals surface area contributed by atoms with Crippen LogP contribution in [0.1, 0.15) is 94.9 Å². The van der Waals surface area contributed by atoms with E-state index in [0.717, 1.165) is 79.9 Å². The van der Waals surface area contributed by atoms with E-state index in [1.54, 1.807) is 0 Å². The van der Waals surface area contributed by atoms with Crippen LogP contribution in [0.2, 0.25) is 0 Å². The Hall–Kier alpha value is -0.820. The number of aliphatic hydroxyl groups is 1. The molecule has 0 atom stereocenters.